The van der Waals surface area contributed by atoms with E-state index in [1.165, 1.54) is 0 Å². The summed E-state index contributed by atoms with van der Waals surface area (Å²) in [5.74, 6) is -0.140. The maximum atomic E-state index is 11.8. The van der Waals surface area contributed by atoms with Gasteiger partial charge in [0.15, 0.2) is 0 Å². The van der Waals surface area contributed by atoms with E-state index in [1.807, 2.05) is 58.6 Å². The first-order chi connectivity index (χ1) is 9.83. The molecule has 1 aromatic carbocycles. The summed E-state index contributed by atoms with van der Waals surface area (Å²) in [6.45, 7) is 0.259. The molecule has 100 valence electrons. The fraction of sp³-hybridized carbons (Fsp3) is 0.0667. The molecule has 5 heteroatoms. The molecule has 0 saturated heterocycles. The van der Waals surface area contributed by atoms with Crippen LogP contribution in [-0.2, 0) is 11.3 Å². The molecule has 0 aliphatic heterocycles. The van der Waals surface area contributed by atoms with Gasteiger partial charge >= 0.3 is 0 Å². The largest absolute Gasteiger partial charge is 0.338 e. The molecule has 0 fully saturated rings. The summed E-state index contributed by atoms with van der Waals surface area (Å²) in [4.78, 5) is 12.9. The molecule has 4 nitrogen and oxygen atoms in total. The number of hydrogen-bond donors (Lipinski definition) is 1. The highest BCUT2D eigenvalue weighted by Gasteiger charge is 2.04. The third-order valence-corrected chi connectivity index (χ3v) is 3.73. The number of fused-ring (bicyclic) bond motifs is 1. The maximum absolute atomic E-state index is 11.8. The van der Waals surface area contributed by atoms with E-state index in [0.717, 1.165) is 15.8 Å². The van der Waals surface area contributed by atoms with Gasteiger partial charge in [-0.25, -0.2) is 5.43 Å². The Kier molecular flexibility index (Phi) is 3.60. The van der Waals surface area contributed by atoms with Crippen LogP contribution < -0.4 is 5.43 Å². The molecule has 0 radical (unpaired) electrons. The molecule has 0 spiro atoms. The van der Waals surface area contributed by atoms with Gasteiger partial charge in [-0.1, -0.05) is 24.3 Å². The number of benzene rings is 1. The van der Waals surface area contributed by atoms with E-state index in [2.05, 4.69) is 10.5 Å². The molecule has 1 amide bonds. The number of para-hydroxylation sites is 1. The molecular weight excluding hydrogens is 270 g/mol. The Balaban J connectivity index is 1.64. The molecule has 0 saturated carbocycles. The van der Waals surface area contributed by atoms with E-state index in [4.69, 9.17) is 0 Å². The van der Waals surface area contributed by atoms with Gasteiger partial charge in [-0.2, -0.15) is 5.10 Å². The van der Waals surface area contributed by atoms with Crippen LogP contribution in [0.1, 0.15) is 4.88 Å². The molecule has 0 unspecified atom stereocenters. The number of amides is 1. The van der Waals surface area contributed by atoms with Crippen LogP contribution in [0.2, 0.25) is 0 Å². The molecule has 0 atom stereocenters. The van der Waals surface area contributed by atoms with Gasteiger partial charge in [-0.15, -0.1) is 11.3 Å². The number of thiophene rings is 1. The standard InChI is InChI=1S/C15H13N3OS/c19-15(17-16-10-13-5-3-9-20-13)11-18-8-7-12-4-1-2-6-14(12)18/h1-10H,11H2,(H,17,19)/b16-10+. The van der Waals surface area contributed by atoms with Gasteiger partial charge in [-0.3, -0.25) is 4.79 Å². The second kappa shape index (κ2) is 5.71. The summed E-state index contributed by atoms with van der Waals surface area (Å²) in [6.07, 6.45) is 3.56. The number of hydrogen-bond acceptors (Lipinski definition) is 3. The van der Waals surface area contributed by atoms with Gasteiger partial charge < -0.3 is 4.57 Å². The maximum Gasteiger partial charge on any atom is 0.259 e. The van der Waals surface area contributed by atoms with Crippen LogP contribution in [0.3, 0.4) is 0 Å². The van der Waals surface area contributed by atoms with Gasteiger partial charge in [0.1, 0.15) is 6.54 Å². The zero-order valence-corrected chi connectivity index (χ0v) is 11.5. The van der Waals surface area contributed by atoms with Crippen LogP contribution in [0.5, 0.6) is 0 Å². The number of carbonyl (C=O) groups is 1. The summed E-state index contributed by atoms with van der Waals surface area (Å²) < 4.78 is 1.91. The molecular formula is C15H13N3OS. The van der Waals surface area contributed by atoms with Crippen molar-refractivity contribution in [1.29, 1.82) is 0 Å². The summed E-state index contributed by atoms with van der Waals surface area (Å²) in [7, 11) is 0. The van der Waals surface area contributed by atoms with Crippen molar-refractivity contribution in [3.63, 3.8) is 0 Å². The van der Waals surface area contributed by atoms with Crippen LogP contribution in [0.15, 0.2) is 59.1 Å². The topological polar surface area (TPSA) is 46.4 Å². The minimum Gasteiger partial charge on any atom is -0.338 e. The first-order valence-corrected chi connectivity index (χ1v) is 7.10. The number of rotatable bonds is 4. The molecule has 2 aromatic heterocycles. The summed E-state index contributed by atoms with van der Waals surface area (Å²) >= 11 is 1.58. The Labute approximate surface area is 120 Å². The van der Waals surface area contributed by atoms with Gasteiger partial charge in [0.25, 0.3) is 5.91 Å². The third-order valence-electron chi connectivity index (χ3n) is 2.92. The van der Waals surface area contributed by atoms with Crippen LogP contribution in [0.4, 0.5) is 0 Å². The smallest absolute Gasteiger partial charge is 0.259 e. The highest BCUT2D eigenvalue weighted by atomic mass is 32.1. The van der Waals surface area contributed by atoms with Crippen LogP contribution >= 0.6 is 11.3 Å². The van der Waals surface area contributed by atoms with Crippen molar-refractivity contribution in [3.05, 3.63) is 58.9 Å². The summed E-state index contributed by atoms with van der Waals surface area (Å²) in [6, 6.07) is 13.9. The number of nitrogens with zero attached hydrogens (tertiary/aromatic N) is 2. The van der Waals surface area contributed by atoms with Crippen molar-refractivity contribution in [2.75, 3.05) is 0 Å². The molecule has 0 aliphatic carbocycles. The van der Waals surface area contributed by atoms with E-state index >= 15 is 0 Å². The predicted octanol–water partition coefficient (Wildman–Crippen LogP) is 2.85. The molecule has 20 heavy (non-hydrogen) atoms. The normalized spacial score (nSPS) is 11.2. The quantitative estimate of drug-likeness (QED) is 0.581. The Hall–Kier alpha value is -2.40. The molecule has 3 aromatic rings. The Bertz CT molecular complexity index is 743. The highest BCUT2D eigenvalue weighted by molar-refractivity contribution is 7.11. The zero-order valence-electron chi connectivity index (χ0n) is 10.7. The number of aromatic nitrogens is 1. The lowest BCUT2D eigenvalue weighted by Crippen LogP contribution is -2.22. The Morgan fingerprint density at radius 1 is 1.25 bits per heavy atom. The van der Waals surface area contributed by atoms with Gasteiger partial charge in [-0.05, 0) is 29.0 Å². The van der Waals surface area contributed by atoms with Crippen LogP contribution in [0, 0.1) is 0 Å². The van der Waals surface area contributed by atoms with Crippen molar-refractivity contribution in [1.82, 2.24) is 9.99 Å². The second-order valence-electron chi connectivity index (χ2n) is 4.31. The summed E-state index contributed by atoms with van der Waals surface area (Å²) in [5, 5.41) is 7.04. The van der Waals surface area contributed by atoms with Crippen molar-refractivity contribution >= 4 is 34.4 Å². The first kappa shape index (κ1) is 12.6. The minimum atomic E-state index is -0.140. The average molecular weight is 283 g/mol. The van der Waals surface area contributed by atoms with Crippen molar-refractivity contribution in [2.24, 2.45) is 5.10 Å². The average Bonchev–Trinajstić information content (AvgIpc) is 3.09. The van der Waals surface area contributed by atoms with Crippen LogP contribution in [0.25, 0.3) is 10.9 Å². The zero-order chi connectivity index (χ0) is 13.8. The minimum absolute atomic E-state index is 0.140. The Morgan fingerprint density at radius 2 is 2.15 bits per heavy atom. The second-order valence-corrected chi connectivity index (χ2v) is 5.29. The SMILES string of the molecule is O=C(Cn1ccc2ccccc21)N/N=C/c1cccs1. The van der Waals surface area contributed by atoms with Crippen molar-refractivity contribution in [3.8, 4) is 0 Å². The molecule has 3 rings (SSSR count). The van der Waals surface area contributed by atoms with E-state index < -0.39 is 0 Å². The predicted molar refractivity (Wildman–Crippen MR) is 82.0 cm³/mol. The van der Waals surface area contributed by atoms with Gasteiger partial charge in [0, 0.05) is 16.6 Å². The number of hydrazone groups is 1. The Morgan fingerprint density at radius 3 is 3.00 bits per heavy atom. The third kappa shape index (κ3) is 2.78. The molecule has 1 N–H and O–H groups in total. The van der Waals surface area contributed by atoms with E-state index in [9.17, 15) is 4.79 Å². The van der Waals surface area contributed by atoms with Crippen molar-refractivity contribution < 1.29 is 4.79 Å². The number of carbonyl (C=O) groups excluding carboxylic acids is 1. The lowest BCUT2D eigenvalue weighted by molar-refractivity contribution is -0.121. The van der Waals surface area contributed by atoms with E-state index in [1.54, 1.807) is 17.6 Å². The van der Waals surface area contributed by atoms with Crippen molar-refractivity contribution in [2.45, 2.75) is 6.54 Å². The monoisotopic (exact) mass is 283 g/mol. The first-order valence-electron chi connectivity index (χ1n) is 6.22. The molecule has 0 bridgehead atoms. The van der Waals surface area contributed by atoms with E-state index in [0.29, 0.717) is 0 Å². The van der Waals surface area contributed by atoms with Gasteiger partial charge in [0.2, 0.25) is 0 Å². The van der Waals surface area contributed by atoms with E-state index in [-0.39, 0.29) is 12.5 Å². The van der Waals surface area contributed by atoms with Gasteiger partial charge in [0.05, 0.1) is 6.21 Å². The highest BCUT2D eigenvalue weighted by Crippen LogP contribution is 2.14. The fourth-order valence-electron chi connectivity index (χ4n) is 2.00. The molecule has 2 heterocycles. The lowest BCUT2D eigenvalue weighted by Gasteiger charge is -2.03. The lowest BCUT2D eigenvalue weighted by atomic mass is 10.2. The fourth-order valence-corrected chi connectivity index (χ4v) is 2.59. The summed E-state index contributed by atoms with van der Waals surface area (Å²) in [5.41, 5.74) is 3.59. The number of nitrogens with one attached hydrogen (secondary N) is 1. The van der Waals surface area contributed by atoms with Crippen LogP contribution in [-0.4, -0.2) is 16.7 Å². The molecule has 0 aliphatic rings.